The predicted octanol–water partition coefficient (Wildman–Crippen LogP) is 6.80. The number of nitrogens with zero attached hydrogens (tertiary/aromatic N) is 1. The van der Waals surface area contributed by atoms with Crippen molar-refractivity contribution in [1.29, 1.82) is 0 Å². The zero-order valence-corrected chi connectivity index (χ0v) is 23.9. The molecule has 0 spiro atoms. The third kappa shape index (κ3) is 6.13. The molecule has 1 aliphatic heterocycles. The van der Waals surface area contributed by atoms with Crippen molar-refractivity contribution >= 4 is 40.0 Å². The summed E-state index contributed by atoms with van der Waals surface area (Å²) in [7, 11) is 4.78. The molecular weight excluding hydrogens is 528 g/mol. The summed E-state index contributed by atoms with van der Waals surface area (Å²) in [5.41, 5.74) is 3.48. The summed E-state index contributed by atoms with van der Waals surface area (Å²) in [4.78, 5) is 18.4. The van der Waals surface area contributed by atoms with Gasteiger partial charge < -0.3 is 24.4 Å². The Morgan fingerprint density at radius 2 is 1.44 bits per heavy atom. The van der Waals surface area contributed by atoms with Gasteiger partial charge in [0.2, 0.25) is 0 Å². The summed E-state index contributed by atoms with van der Waals surface area (Å²) in [6, 6.07) is 24.2. The van der Waals surface area contributed by atoms with Gasteiger partial charge in [-0.15, -0.1) is 22.7 Å². The first-order chi connectivity index (χ1) is 19.1. The molecule has 0 fully saturated rings. The normalized spacial score (nSPS) is 17.2. The van der Waals surface area contributed by atoms with Crippen LogP contribution in [0.3, 0.4) is 0 Å². The first-order valence-electron chi connectivity index (χ1n) is 12.8. The molecule has 2 aromatic heterocycles. The minimum absolute atomic E-state index is 0.108. The molecule has 5 rings (SSSR count). The zero-order chi connectivity index (χ0) is 27.2. The number of carbonyl (C=O) groups is 1. The van der Waals surface area contributed by atoms with Crippen LogP contribution in [-0.2, 0) is 22.4 Å². The van der Waals surface area contributed by atoms with Gasteiger partial charge in [-0.05, 0) is 71.4 Å². The van der Waals surface area contributed by atoms with Crippen molar-refractivity contribution in [2.75, 3.05) is 31.5 Å². The highest BCUT2D eigenvalue weighted by atomic mass is 32.1. The Hall–Kier alpha value is -3.75. The Bertz CT molecular complexity index is 1380. The first kappa shape index (κ1) is 26.8. The molecule has 0 radical (unpaired) electrons. The lowest BCUT2D eigenvalue weighted by molar-refractivity contribution is -0.136. The molecule has 4 aromatic rings. The number of carbonyl (C=O) groups excluding carboxylic acids is 1. The molecule has 39 heavy (non-hydrogen) atoms. The molecule has 3 heterocycles. The third-order valence-corrected chi connectivity index (χ3v) is 8.78. The van der Waals surface area contributed by atoms with Gasteiger partial charge in [-0.3, -0.25) is 0 Å². The topological polar surface area (TPSA) is 60.0 Å². The Balaban J connectivity index is 1.64. The largest absolute Gasteiger partial charge is 0.497 e. The van der Waals surface area contributed by atoms with E-state index in [4.69, 9.17) is 14.2 Å². The van der Waals surface area contributed by atoms with Gasteiger partial charge in [-0.25, -0.2) is 4.79 Å². The lowest BCUT2D eigenvalue weighted by Crippen LogP contribution is -2.52. The SMILES string of the molecule is COC(=O)C1=C(Nc2ccc(OC)cc2)CC(Cc2cccs2)N(c2ccc(OC)cc2)C1Cc1cccs1. The molecule has 1 N–H and O–H groups in total. The summed E-state index contributed by atoms with van der Waals surface area (Å²) < 4.78 is 16.2. The highest BCUT2D eigenvalue weighted by Crippen LogP contribution is 2.39. The summed E-state index contributed by atoms with van der Waals surface area (Å²) >= 11 is 3.46. The van der Waals surface area contributed by atoms with E-state index in [1.165, 1.54) is 16.9 Å². The number of ether oxygens (including phenoxy) is 3. The molecule has 2 atom stereocenters. The minimum Gasteiger partial charge on any atom is -0.497 e. The lowest BCUT2D eigenvalue weighted by Gasteiger charge is -2.45. The van der Waals surface area contributed by atoms with Crippen molar-refractivity contribution in [3.05, 3.63) is 105 Å². The summed E-state index contributed by atoms with van der Waals surface area (Å²) in [5.74, 6) is 1.26. The molecule has 0 saturated heterocycles. The van der Waals surface area contributed by atoms with Crippen LogP contribution in [0.15, 0.2) is 94.8 Å². The average Bonchev–Trinajstić information content (AvgIpc) is 3.68. The van der Waals surface area contributed by atoms with Crippen molar-refractivity contribution < 1.29 is 19.0 Å². The van der Waals surface area contributed by atoms with Gasteiger partial charge in [0, 0.05) is 52.1 Å². The average molecular weight is 561 g/mol. The van der Waals surface area contributed by atoms with Gasteiger partial charge >= 0.3 is 5.97 Å². The molecule has 0 amide bonds. The number of hydrogen-bond donors (Lipinski definition) is 1. The van der Waals surface area contributed by atoms with Crippen molar-refractivity contribution in [3.8, 4) is 11.5 Å². The van der Waals surface area contributed by atoms with Crippen LogP contribution in [0.25, 0.3) is 0 Å². The summed E-state index contributed by atoms with van der Waals surface area (Å²) in [6.45, 7) is 0. The Morgan fingerprint density at radius 3 is 1.97 bits per heavy atom. The smallest absolute Gasteiger partial charge is 0.337 e. The zero-order valence-electron chi connectivity index (χ0n) is 22.3. The van der Waals surface area contributed by atoms with Crippen LogP contribution < -0.4 is 19.7 Å². The van der Waals surface area contributed by atoms with Crippen LogP contribution in [0.1, 0.15) is 16.2 Å². The highest BCUT2D eigenvalue weighted by Gasteiger charge is 2.40. The van der Waals surface area contributed by atoms with E-state index in [0.717, 1.165) is 35.0 Å². The van der Waals surface area contributed by atoms with Gasteiger partial charge in [0.25, 0.3) is 0 Å². The number of anilines is 2. The van der Waals surface area contributed by atoms with Crippen molar-refractivity contribution in [3.63, 3.8) is 0 Å². The Labute approximate surface area is 237 Å². The van der Waals surface area contributed by atoms with Gasteiger partial charge in [0.15, 0.2) is 0 Å². The summed E-state index contributed by atoms with van der Waals surface area (Å²) in [6.07, 6.45) is 2.19. The fourth-order valence-electron chi connectivity index (χ4n) is 5.17. The van der Waals surface area contributed by atoms with Crippen LogP contribution in [0, 0.1) is 0 Å². The quantitative estimate of drug-likeness (QED) is 0.215. The van der Waals surface area contributed by atoms with Crippen molar-refractivity contribution in [1.82, 2.24) is 0 Å². The van der Waals surface area contributed by atoms with E-state index in [0.29, 0.717) is 18.4 Å². The Kier molecular flexibility index (Phi) is 8.54. The van der Waals surface area contributed by atoms with Crippen LogP contribution >= 0.6 is 22.7 Å². The van der Waals surface area contributed by atoms with E-state index in [1.54, 1.807) is 36.9 Å². The molecule has 8 heteroatoms. The molecule has 0 bridgehead atoms. The molecule has 0 saturated carbocycles. The van der Waals surface area contributed by atoms with E-state index in [2.05, 4.69) is 57.4 Å². The number of methoxy groups -OCH3 is 3. The predicted molar refractivity (Wildman–Crippen MR) is 159 cm³/mol. The maximum atomic E-state index is 13.5. The van der Waals surface area contributed by atoms with Gasteiger partial charge in [-0.2, -0.15) is 0 Å². The van der Waals surface area contributed by atoms with Crippen LogP contribution in [0.5, 0.6) is 11.5 Å². The molecule has 202 valence electrons. The molecule has 1 aliphatic rings. The number of esters is 1. The number of nitrogens with one attached hydrogen (secondary N) is 1. The van der Waals surface area contributed by atoms with Crippen molar-refractivity contribution in [2.24, 2.45) is 0 Å². The lowest BCUT2D eigenvalue weighted by atomic mass is 9.87. The minimum atomic E-state index is -0.319. The van der Waals surface area contributed by atoms with Crippen molar-refractivity contribution in [2.45, 2.75) is 31.3 Å². The second kappa shape index (κ2) is 12.4. The van der Waals surface area contributed by atoms with Crippen LogP contribution in [-0.4, -0.2) is 39.4 Å². The van der Waals surface area contributed by atoms with Gasteiger partial charge in [0.05, 0.1) is 32.9 Å². The van der Waals surface area contributed by atoms with Gasteiger partial charge in [-0.1, -0.05) is 12.1 Å². The first-order valence-corrected chi connectivity index (χ1v) is 14.5. The summed E-state index contributed by atoms with van der Waals surface area (Å²) in [5, 5.41) is 7.79. The second-order valence-electron chi connectivity index (χ2n) is 9.28. The number of hydrogen-bond acceptors (Lipinski definition) is 8. The standard InChI is InChI=1S/C31H32N2O4S2/c1-35-24-12-8-21(9-13-24)32-28-19-23(18-26-6-4-16-38-26)33(22-10-14-25(36-2)15-11-22)29(30(28)31(34)37-3)20-27-7-5-17-39-27/h4-17,23,29,32H,18-20H2,1-3H3. The molecule has 2 unspecified atom stereocenters. The van der Waals surface area contributed by atoms with E-state index < -0.39 is 0 Å². The molecular formula is C31H32N2O4S2. The number of thiophene rings is 2. The fourth-order valence-corrected chi connectivity index (χ4v) is 6.69. The molecule has 6 nitrogen and oxygen atoms in total. The maximum absolute atomic E-state index is 13.5. The van der Waals surface area contributed by atoms with E-state index in [9.17, 15) is 4.79 Å². The number of benzene rings is 2. The van der Waals surface area contributed by atoms with Crippen LogP contribution in [0.4, 0.5) is 11.4 Å². The second-order valence-corrected chi connectivity index (χ2v) is 11.3. The van der Waals surface area contributed by atoms with Crippen LogP contribution in [0.2, 0.25) is 0 Å². The molecule has 0 aliphatic carbocycles. The maximum Gasteiger partial charge on any atom is 0.337 e. The Morgan fingerprint density at radius 1 is 0.846 bits per heavy atom. The fraction of sp³-hybridized carbons (Fsp3) is 0.258. The van der Waals surface area contributed by atoms with E-state index in [-0.39, 0.29) is 18.1 Å². The monoisotopic (exact) mass is 560 g/mol. The van der Waals surface area contributed by atoms with Gasteiger partial charge in [0.1, 0.15) is 11.5 Å². The highest BCUT2D eigenvalue weighted by molar-refractivity contribution is 7.10. The third-order valence-electron chi connectivity index (χ3n) is 6.98. The molecule has 2 aromatic carbocycles. The number of rotatable bonds is 10. The van der Waals surface area contributed by atoms with E-state index in [1.807, 2.05) is 36.4 Å². The van der Waals surface area contributed by atoms with E-state index >= 15 is 0 Å².